The van der Waals surface area contributed by atoms with Gasteiger partial charge in [0.2, 0.25) is 10.0 Å². The van der Waals surface area contributed by atoms with E-state index in [2.05, 4.69) is 5.32 Å². The number of rotatable bonds is 7. The molecule has 0 amide bonds. The Bertz CT molecular complexity index is 904. The Morgan fingerprint density at radius 1 is 1.16 bits per heavy atom. The summed E-state index contributed by atoms with van der Waals surface area (Å²) in [7, 11) is -4.09. The second-order valence-corrected chi connectivity index (χ2v) is 7.62. The predicted octanol–water partition coefficient (Wildman–Crippen LogP) is 3.59. The highest BCUT2D eigenvalue weighted by molar-refractivity contribution is 7.89. The molecular weight excluding hydrogens is 389 g/mol. The SMILES string of the molecule is NS(=O)(=O)c1cc([N+](=O)[O-])ccc1NCCCc1ccc(Cl)cc1Cl. The number of nitrogens with one attached hydrogen (secondary N) is 1. The van der Waals surface area contributed by atoms with Gasteiger partial charge in [0.05, 0.1) is 10.6 Å². The van der Waals surface area contributed by atoms with E-state index in [0.29, 0.717) is 29.4 Å². The van der Waals surface area contributed by atoms with Crippen LogP contribution in [0, 0.1) is 10.1 Å². The van der Waals surface area contributed by atoms with E-state index >= 15 is 0 Å². The number of nitrogens with two attached hydrogens (primary N) is 1. The normalized spacial score (nSPS) is 11.3. The van der Waals surface area contributed by atoms with E-state index in [0.717, 1.165) is 11.6 Å². The van der Waals surface area contributed by atoms with Crippen molar-refractivity contribution in [1.29, 1.82) is 0 Å². The van der Waals surface area contributed by atoms with Crippen molar-refractivity contribution < 1.29 is 13.3 Å². The number of non-ortho nitro benzene ring substituents is 1. The molecule has 0 aliphatic rings. The first-order valence-electron chi connectivity index (χ1n) is 7.17. The summed E-state index contributed by atoms with van der Waals surface area (Å²) in [5, 5.41) is 20.0. The number of nitro groups is 1. The molecule has 0 saturated heterocycles. The second kappa shape index (κ2) is 8.01. The topological polar surface area (TPSA) is 115 Å². The molecule has 0 atom stereocenters. The number of sulfonamides is 1. The molecule has 0 heterocycles. The van der Waals surface area contributed by atoms with Crippen LogP contribution in [0.4, 0.5) is 11.4 Å². The van der Waals surface area contributed by atoms with E-state index in [1.165, 1.54) is 12.1 Å². The maximum absolute atomic E-state index is 11.6. The lowest BCUT2D eigenvalue weighted by Crippen LogP contribution is -2.16. The van der Waals surface area contributed by atoms with Gasteiger partial charge >= 0.3 is 0 Å². The van der Waals surface area contributed by atoms with Crippen LogP contribution in [-0.2, 0) is 16.4 Å². The fraction of sp³-hybridized carbons (Fsp3) is 0.200. The lowest BCUT2D eigenvalue weighted by Gasteiger charge is -2.11. The Morgan fingerprint density at radius 3 is 2.48 bits per heavy atom. The van der Waals surface area contributed by atoms with Gasteiger partial charge in [0.25, 0.3) is 5.69 Å². The average molecular weight is 404 g/mol. The fourth-order valence-corrected chi connectivity index (χ4v) is 3.47. The molecule has 0 aromatic heterocycles. The van der Waals surface area contributed by atoms with E-state index in [4.69, 9.17) is 28.3 Å². The van der Waals surface area contributed by atoms with Gasteiger partial charge in [0.15, 0.2) is 0 Å². The summed E-state index contributed by atoms with van der Waals surface area (Å²) in [6.45, 7) is 0.430. The number of nitro benzene ring substituents is 1. The molecule has 2 aromatic rings. The minimum atomic E-state index is -4.09. The first-order valence-corrected chi connectivity index (χ1v) is 9.48. The summed E-state index contributed by atoms with van der Waals surface area (Å²) in [4.78, 5) is 9.80. The molecule has 3 N–H and O–H groups in total. The molecule has 0 spiro atoms. The number of hydrogen-bond acceptors (Lipinski definition) is 5. The van der Waals surface area contributed by atoms with Crippen molar-refractivity contribution in [3.05, 3.63) is 62.1 Å². The average Bonchev–Trinajstić information content (AvgIpc) is 2.52. The van der Waals surface area contributed by atoms with Crippen LogP contribution < -0.4 is 10.5 Å². The quantitative estimate of drug-likeness (QED) is 0.416. The van der Waals surface area contributed by atoms with Gasteiger partial charge in [-0.05, 0) is 36.6 Å². The summed E-state index contributed by atoms with van der Waals surface area (Å²) in [6.07, 6.45) is 1.31. The van der Waals surface area contributed by atoms with Gasteiger partial charge in [-0.2, -0.15) is 0 Å². The Morgan fingerprint density at radius 2 is 1.88 bits per heavy atom. The van der Waals surface area contributed by atoms with Crippen molar-refractivity contribution in [2.45, 2.75) is 17.7 Å². The number of nitrogens with zero attached hydrogens (tertiary/aromatic N) is 1. The van der Waals surface area contributed by atoms with E-state index in [1.807, 2.05) is 6.07 Å². The third kappa shape index (κ3) is 5.30. The van der Waals surface area contributed by atoms with E-state index in [9.17, 15) is 18.5 Å². The Hall–Kier alpha value is -1.87. The van der Waals surface area contributed by atoms with Gasteiger partial charge in [-0.15, -0.1) is 0 Å². The van der Waals surface area contributed by atoms with Crippen molar-refractivity contribution >= 4 is 44.6 Å². The third-order valence-electron chi connectivity index (χ3n) is 3.44. The lowest BCUT2D eigenvalue weighted by atomic mass is 10.1. The molecule has 0 fully saturated rings. The third-order valence-corrected chi connectivity index (χ3v) is 4.97. The first kappa shape index (κ1) is 19.5. The maximum atomic E-state index is 11.6. The van der Waals surface area contributed by atoms with Crippen LogP contribution in [0.15, 0.2) is 41.3 Å². The Labute approximate surface area is 154 Å². The summed E-state index contributed by atoms with van der Waals surface area (Å²) in [6, 6.07) is 8.70. The molecule has 10 heteroatoms. The van der Waals surface area contributed by atoms with E-state index in [1.54, 1.807) is 12.1 Å². The van der Waals surface area contributed by atoms with E-state index in [-0.39, 0.29) is 16.3 Å². The molecule has 0 radical (unpaired) electrons. The molecule has 0 unspecified atom stereocenters. The van der Waals surface area contributed by atoms with Gasteiger partial charge in [0.1, 0.15) is 4.90 Å². The highest BCUT2D eigenvalue weighted by Gasteiger charge is 2.18. The molecule has 0 saturated carbocycles. The smallest absolute Gasteiger partial charge is 0.270 e. The Balaban J connectivity index is 2.06. The van der Waals surface area contributed by atoms with Crippen LogP contribution in [0.2, 0.25) is 10.0 Å². The van der Waals surface area contributed by atoms with Gasteiger partial charge < -0.3 is 5.32 Å². The van der Waals surface area contributed by atoms with Crippen molar-refractivity contribution in [1.82, 2.24) is 0 Å². The van der Waals surface area contributed by atoms with Crippen LogP contribution in [0.5, 0.6) is 0 Å². The van der Waals surface area contributed by atoms with E-state index < -0.39 is 14.9 Å². The standard InChI is InChI=1S/C15H15Cl2N3O4S/c16-11-4-3-10(13(17)8-11)2-1-7-19-14-6-5-12(20(21)22)9-15(14)25(18,23)24/h3-6,8-9,19H,1-2,7H2,(H2,18,23,24). The van der Waals surface area contributed by atoms with Gasteiger partial charge in [-0.25, -0.2) is 13.6 Å². The van der Waals surface area contributed by atoms with Gasteiger partial charge in [-0.1, -0.05) is 29.3 Å². The molecule has 0 aliphatic carbocycles. The van der Waals surface area contributed by atoms with Crippen LogP contribution in [0.25, 0.3) is 0 Å². The van der Waals surface area contributed by atoms with Crippen LogP contribution in [0.3, 0.4) is 0 Å². The molecule has 7 nitrogen and oxygen atoms in total. The largest absolute Gasteiger partial charge is 0.384 e. The Kier molecular flexibility index (Phi) is 6.23. The number of aryl methyl sites for hydroxylation is 1. The highest BCUT2D eigenvalue weighted by atomic mass is 35.5. The fourth-order valence-electron chi connectivity index (χ4n) is 2.23. The molecule has 0 bridgehead atoms. The molecular formula is C15H15Cl2N3O4S. The van der Waals surface area contributed by atoms with Crippen molar-refractivity contribution in [2.75, 3.05) is 11.9 Å². The van der Waals surface area contributed by atoms with Crippen LogP contribution in [-0.4, -0.2) is 19.9 Å². The van der Waals surface area contributed by atoms with Gasteiger partial charge in [0, 0.05) is 28.7 Å². The summed E-state index contributed by atoms with van der Waals surface area (Å²) in [5.74, 6) is 0. The molecule has 134 valence electrons. The zero-order chi connectivity index (χ0) is 18.6. The minimum Gasteiger partial charge on any atom is -0.384 e. The molecule has 2 rings (SSSR count). The van der Waals surface area contributed by atoms with Crippen LogP contribution >= 0.6 is 23.2 Å². The number of anilines is 1. The monoisotopic (exact) mass is 403 g/mol. The number of primary sulfonamides is 1. The summed E-state index contributed by atoms with van der Waals surface area (Å²) < 4.78 is 23.3. The van der Waals surface area contributed by atoms with Crippen LogP contribution in [0.1, 0.15) is 12.0 Å². The zero-order valence-electron chi connectivity index (χ0n) is 12.9. The number of halogens is 2. The molecule has 2 aromatic carbocycles. The molecule has 0 aliphatic heterocycles. The minimum absolute atomic E-state index is 0.218. The highest BCUT2D eigenvalue weighted by Crippen LogP contribution is 2.26. The molecule has 25 heavy (non-hydrogen) atoms. The maximum Gasteiger partial charge on any atom is 0.270 e. The predicted molar refractivity (Wildman–Crippen MR) is 97.7 cm³/mol. The zero-order valence-corrected chi connectivity index (χ0v) is 15.2. The number of benzene rings is 2. The van der Waals surface area contributed by atoms with Crippen molar-refractivity contribution in [3.8, 4) is 0 Å². The second-order valence-electron chi connectivity index (χ2n) is 5.25. The lowest BCUT2D eigenvalue weighted by molar-refractivity contribution is -0.385. The van der Waals surface area contributed by atoms with Crippen molar-refractivity contribution in [3.63, 3.8) is 0 Å². The summed E-state index contributed by atoms with van der Waals surface area (Å²) >= 11 is 11.9. The summed E-state index contributed by atoms with van der Waals surface area (Å²) in [5.41, 5.74) is 0.793. The van der Waals surface area contributed by atoms with Gasteiger partial charge in [-0.3, -0.25) is 10.1 Å². The first-order chi connectivity index (χ1) is 11.7. The van der Waals surface area contributed by atoms with Crippen molar-refractivity contribution in [2.24, 2.45) is 5.14 Å². The number of hydrogen-bond donors (Lipinski definition) is 2.